The second kappa shape index (κ2) is 14.5. The number of imidazole rings is 1. The van der Waals surface area contributed by atoms with Crippen LogP contribution in [0.5, 0.6) is 0 Å². The van der Waals surface area contributed by atoms with E-state index in [4.69, 9.17) is 10.5 Å². The number of phosphoric ester groups is 1. The Labute approximate surface area is 249 Å². The van der Waals surface area contributed by atoms with Crippen molar-refractivity contribution in [1.82, 2.24) is 19.5 Å². The van der Waals surface area contributed by atoms with Crippen molar-refractivity contribution in [2.24, 2.45) is 0 Å². The molecule has 6 atom stereocenters. The Morgan fingerprint density at radius 3 is 2.17 bits per heavy atom. The Balaban J connectivity index is 0. The van der Waals surface area contributed by atoms with E-state index < -0.39 is 60.3 Å². The van der Waals surface area contributed by atoms with E-state index in [1.165, 1.54) is 0 Å². The summed E-state index contributed by atoms with van der Waals surface area (Å²) >= 11 is 0. The number of hydrogen-bond donors (Lipinski definition) is 4. The zero-order valence-corrected chi connectivity index (χ0v) is 21.8. The van der Waals surface area contributed by atoms with Gasteiger partial charge in [0, 0.05) is 0 Å². The van der Waals surface area contributed by atoms with Crippen LogP contribution in [0.2, 0.25) is 0 Å². The molecule has 0 saturated carbocycles. The van der Waals surface area contributed by atoms with Gasteiger partial charge in [-0.1, -0.05) is 0 Å². The Bertz CT molecular complexity index is 1230. The topological polar surface area (TPSA) is 310 Å². The zero-order valence-electron chi connectivity index (χ0n) is 19.1. The predicted octanol–water partition coefficient (Wildman–Crippen LogP) is -16.8. The van der Waals surface area contributed by atoms with Crippen LogP contribution in [0.4, 0.5) is 5.82 Å². The Kier molecular flexibility index (Phi) is 15.7. The number of aliphatic hydroxyl groups is 2. The molecule has 3 rings (SSSR count). The van der Waals surface area contributed by atoms with Gasteiger partial charge in [-0.15, -0.1) is 0 Å². The molecule has 2 aromatic rings. The molecule has 0 radical (unpaired) electrons. The molecule has 1 fully saturated rings. The SMILES string of the molecule is Nc1ncnc2c1[nH]c(=O)n2C1OC(COP(=O)([O-])OP(=O)([O-])OP(=O)([O-])[O-])C(O)C1O.[Li+].[Li+].[Li+].[Li+]. The van der Waals surface area contributed by atoms with Crippen LogP contribution in [0.3, 0.4) is 0 Å². The number of rotatable bonds is 8. The van der Waals surface area contributed by atoms with Crippen LogP contribution in [-0.4, -0.2) is 54.7 Å². The van der Waals surface area contributed by atoms with Gasteiger partial charge < -0.3 is 54.3 Å². The van der Waals surface area contributed by atoms with Crippen molar-refractivity contribution in [3.63, 3.8) is 0 Å². The number of phosphoric acid groups is 3. The molecule has 2 aromatic heterocycles. The molecule has 19 nitrogen and oxygen atoms in total. The van der Waals surface area contributed by atoms with Crippen LogP contribution in [0.1, 0.15) is 6.23 Å². The minimum atomic E-state index is -6.18. The minimum absolute atomic E-state index is 0. The molecule has 5 N–H and O–H groups in total. The Morgan fingerprint density at radius 2 is 1.61 bits per heavy atom. The van der Waals surface area contributed by atoms with E-state index >= 15 is 0 Å². The third-order valence-corrected chi connectivity index (χ3v) is 7.59. The molecule has 0 spiro atoms. The third kappa shape index (κ3) is 9.48. The van der Waals surface area contributed by atoms with E-state index in [1.807, 2.05) is 0 Å². The molecule has 36 heavy (non-hydrogen) atoms. The standard InChI is InChI=1S/C10H16N5O14P3.4Li/c11-7-4-8(13-2-12-7)15(10(18)14-4)9-6(17)5(16)3(27-9)1-26-31(22,23)29-32(24,25)28-30(19,20)21;;;;/h2-3,5-6,9,16-17H,1H2,(H,14,18)(H,22,23)(H,24,25)(H2,11,12,13)(H2,19,20,21);;;;/q;4*+1/p-4. The number of hydrogen-bond acceptors (Lipinski definition) is 17. The fourth-order valence-electron chi connectivity index (χ4n) is 2.72. The van der Waals surface area contributed by atoms with Crippen molar-refractivity contribution in [1.29, 1.82) is 0 Å². The fraction of sp³-hybridized carbons (Fsp3) is 0.500. The summed E-state index contributed by atoms with van der Waals surface area (Å²) in [5.74, 6) is -0.117. The number of aromatic nitrogens is 4. The van der Waals surface area contributed by atoms with E-state index in [0.717, 1.165) is 10.9 Å². The van der Waals surface area contributed by atoms with E-state index in [0.29, 0.717) is 0 Å². The maximum Gasteiger partial charge on any atom is 1.00 e. The Morgan fingerprint density at radius 1 is 1.03 bits per heavy atom. The van der Waals surface area contributed by atoms with Crippen LogP contribution >= 0.6 is 23.5 Å². The molecule has 0 amide bonds. The summed E-state index contributed by atoms with van der Waals surface area (Å²) in [6.07, 6.45) is -5.99. The number of nitrogens with two attached hydrogens (primary N) is 1. The van der Waals surface area contributed by atoms with Crippen LogP contribution in [0.15, 0.2) is 11.1 Å². The largest absolute Gasteiger partial charge is 1.00 e. The average Bonchev–Trinajstić information content (AvgIpc) is 3.08. The smallest absolute Gasteiger partial charge is 0.790 e. The van der Waals surface area contributed by atoms with Gasteiger partial charge in [-0.2, -0.15) is 0 Å². The number of H-pyrrole nitrogens is 1. The molecular formula is C10H12Li4N5O14P3. The van der Waals surface area contributed by atoms with Gasteiger partial charge in [-0.25, -0.2) is 23.6 Å². The summed E-state index contributed by atoms with van der Waals surface area (Å²) in [6.45, 7) is -1.17. The number of aromatic amines is 1. The van der Waals surface area contributed by atoms with E-state index in [9.17, 15) is 48.3 Å². The first-order valence-electron chi connectivity index (χ1n) is 8.04. The molecule has 0 bridgehead atoms. The van der Waals surface area contributed by atoms with Gasteiger partial charge in [-0.3, -0.25) is 13.4 Å². The summed E-state index contributed by atoms with van der Waals surface area (Å²) in [4.78, 5) is 65.4. The van der Waals surface area contributed by atoms with E-state index in [2.05, 4.69) is 28.1 Å². The van der Waals surface area contributed by atoms with Gasteiger partial charge in [0.25, 0.3) is 15.6 Å². The molecule has 1 saturated heterocycles. The maximum atomic E-state index is 12.2. The van der Waals surface area contributed by atoms with Crippen molar-refractivity contribution >= 4 is 40.4 Å². The van der Waals surface area contributed by atoms with Gasteiger partial charge in [0.05, 0.1) is 14.4 Å². The second-order valence-corrected chi connectivity index (χ2v) is 10.4. The van der Waals surface area contributed by atoms with Crippen molar-refractivity contribution in [2.75, 3.05) is 12.3 Å². The van der Waals surface area contributed by atoms with Gasteiger partial charge in [0.2, 0.25) is 0 Å². The second-order valence-electron chi connectivity index (χ2n) is 6.10. The number of nitrogens with one attached hydrogen (secondary N) is 1. The first kappa shape index (κ1) is 39.0. The Hall–Kier alpha value is 0.830. The number of nitrogens with zero attached hydrogens (tertiary/aromatic N) is 3. The summed E-state index contributed by atoms with van der Waals surface area (Å²) in [7, 11) is -18.2. The number of ether oxygens (including phenoxy) is 1. The van der Waals surface area contributed by atoms with Crippen LogP contribution in [0, 0.1) is 0 Å². The van der Waals surface area contributed by atoms with Crippen LogP contribution < -0.4 is 106 Å². The summed E-state index contributed by atoms with van der Waals surface area (Å²) in [6, 6.07) is 0. The first-order chi connectivity index (χ1) is 14.6. The summed E-state index contributed by atoms with van der Waals surface area (Å²) in [5, 5.41) is 20.3. The van der Waals surface area contributed by atoms with E-state index in [1.54, 1.807) is 0 Å². The van der Waals surface area contributed by atoms with Gasteiger partial charge >= 0.3 is 81.1 Å². The number of nitrogen functional groups attached to an aromatic ring is 1. The maximum absolute atomic E-state index is 12.2. The molecule has 26 heteroatoms. The number of anilines is 1. The molecule has 180 valence electrons. The predicted molar refractivity (Wildman–Crippen MR) is 89.4 cm³/mol. The fourth-order valence-corrected chi connectivity index (χ4v) is 5.58. The van der Waals surface area contributed by atoms with Crippen molar-refractivity contribution < 1.29 is 137 Å². The van der Waals surface area contributed by atoms with Crippen molar-refractivity contribution in [3.8, 4) is 0 Å². The van der Waals surface area contributed by atoms with Crippen molar-refractivity contribution in [3.05, 3.63) is 16.8 Å². The molecule has 1 aliphatic rings. The molecule has 0 aromatic carbocycles. The van der Waals surface area contributed by atoms with Crippen LogP contribution in [0.25, 0.3) is 11.2 Å². The van der Waals surface area contributed by atoms with Gasteiger partial charge in [-0.05, 0) is 0 Å². The van der Waals surface area contributed by atoms with Gasteiger partial charge in [0.15, 0.2) is 17.7 Å². The molecular weight excluding hydrogens is 535 g/mol. The molecule has 1 aliphatic heterocycles. The quantitative estimate of drug-likeness (QED) is 0.176. The minimum Gasteiger partial charge on any atom is -0.790 e. The number of fused-ring (bicyclic) bond motifs is 1. The molecule has 3 heterocycles. The van der Waals surface area contributed by atoms with Crippen LogP contribution in [-0.2, 0) is 31.6 Å². The average molecular weight is 547 g/mol. The first-order valence-corrected chi connectivity index (χ1v) is 12.4. The summed E-state index contributed by atoms with van der Waals surface area (Å²) < 4.78 is 49.6. The van der Waals surface area contributed by atoms with E-state index in [-0.39, 0.29) is 92.4 Å². The monoisotopic (exact) mass is 547 g/mol. The van der Waals surface area contributed by atoms with Gasteiger partial charge in [0.1, 0.15) is 30.2 Å². The normalized spacial score (nSPS) is 24.8. The number of aliphatic hydroxyl groups excluding tert-OH is 2. The van der Waals surface area contributed by atoms with Crippen molar-refractivity contribution in [2.45, 2.75) is 24.5 Å². The molecule has 6 unspecified atom stereocenters. The third-order valence-electron chi connectivity index (χ3n) is 3.92. The summed E-state index contributed by atoms with van der Waals surface area (Å²) in [5.41, 5.74) is 4.59. The zero-order chi connectivity index (χ0) is 24.1. The molecule has 0 aliphatic carbocycles.